The summed E-state index contributed by atoms with van der Waals surface area (Å²) in [5.74, 6) is -0.106. The van der Waals surface area contributed by atoms with Gasteiger partial charge in [-0.05, 0) is 51.8 Å². The van der Waals surface area contributed by atoms with Crippen molar-refractivity contribution in [3.8, 4) is 0 Å². The molecule has 0 heterocycles. The number of benzene rings is 1. The summed E-state index contributed by atoms with van der Waals surface area (Å²) in [5, 5.41) is 9.47. The number of carbonyl (C=O) groups excluding carboxylic acids is 2. The fraction of sp³-hybridized carbons (Fsp3) is 0.556. The monoisotopic (exact) mass is 305 g/mol. The van der Waals surface area contributed by atoms with Gasteiger partial charge >= 0.3 is 0 Å². The number of hydrogen-bond donors (Lipinski definition) is 1. The van der Waals surface area contributed by atoms with Gasteiger partial charge in [-0.2, -0.15) is 0 Å². The summed E-state index contributed by atoms with van der Waals surface area (Å²) in [4.78, 5) is 26.1. The van der Waals surface area contributed by atoms with Gasteiger partial charge in [0.1, 0.15) is 0 Å². The molecule has 1 unspecified atom stereocenters. The van der Waals surface area contributed by atoms with Gasteiger partial charge in [0, 0.05) is 31.0 Å². The number of aliphatic hydroxyl groups excluding tert-OH is 1. The smallest absolute Gasteiger partial charge is 0.223 e. The minimum Gasteiger partial charge on any atom is -0.392 e. The van der Waals surface area contributed by atoms with Crippen molar-refractivity contribution in [1.82, 2.24) is 4.90 Å². The van der Waals surface area contributed by atoms with Crippen LogP contribution in [-0.4, -0.2) is 40.4 Å². The maximum absolute atomic E-state index is 12.2. The fourth-order valence-electron chi connectivity index (χ4n) is 2.31. The van der Waals surface area contributed by atoms with E-state index in [9.17, 15) is 14.7 Å². The summed E-state index contributed by atoms with van der Waals surface area (Å²) in [7, 11) is 0. The highest BCUT2D eigenvalue weighted by Crippen LogP contribution is 2.13. The molecule has 0 fully saturated rings. The Morgan fingerprint density at radius 1 is 1.09 bits per heavy atom. The number of nitrogens with zero attached hydrogens (tertiary/aromatic N) is 1. The lowest BCUT2D eigenvalue weighted by atomic mass is 10.0. The minimum atomic E-state index is -0.568. The van der Waals surface area contributed by atoms with E-state index in [0.717, 1.165) is 11.1 Å². The first-order chi connectivity index (χ1) is 10.2. The van der Waals surface area contributed by atoms with Gasteiger partial charge in [0.25, 0.3) is 0 Å². The second kappa shape index (κ2) is 8.08. The Labute approximate surface area is 133 Å². The summed E-state index contributed by atoms with van der Waals surface area (Å²) >= 11 is 0. The van der Waals surface area contributed by atoms with E-state index in [1.165, 1.54) is 0 Å². The SMILES string of the molecule is Cc1ccc(C(=O)CCC(=O)N(CC(C)O)C(C)C)cc1C. The number of amides is 1. The van der Waals surface area contributed by atoms with E-state index in [1.807, 2.05) is 45.9 Å². The van der Waals surface area contributed by atoms with Crippen LogP contribution < -0.4 is 0 Å². The number of rotatable bonds is 7. The predicted octanol–water partition coefficient (Wildman–Crippen LogP) is 2.88. The first kappa shape index (κ1) is 18.4. The maximum Gasteiger partial charge on any atom is 0.223 e. The van der Waals surface area contributed by atoms with Crippen LogP contribution in [0.4, 0.5) is 0 Å². The van der Waals surface area contributed by atoms with Gasteiger partial charge in [0.15, 0.2) is 5.78 Å². The number of hydrogen-bond acceptors (Lipinski definition) is 3. The first-order valence-corrected chi connectivity index (χ1v) is 7.80. The average Bonchev–Trinajstić information content (AvgIpc) is 2.44. The molecule has 0 spiro atoms. The van der Waals surface area contributed by atoms with Crippen molar-refractivity contribution >= 4 is 11.7 Å². The van der Waals surface area contributed by atoms with Crippen LogP contribution in [0.15, 0.2) is 18.2 Å². The third-order valence-corrected chi connectivity index (χ3v) is 3.80. The normalized spacial score (nSPS) is 12.3. The lowest BCUT2D eigenvalue weighted by Crippen LogP contribution is -2.41. The molecule has 0 aliphatic heterocycles. The molecule has 4 nitrogen and oxygen atoms in total. The first-order valence-electron chi connectivity index (χ1n) is 7.80. The van der Waals surface area contributed by atoms with E-state index >= 15 is 0 Å². The lowest BCUT2D eigenvalue weighted by Gasteiger charge is -2.28. The summed E-state index contributed by atoms with van der Waals surface area (Å²) in [6, 6.07) is 5.63. The zero-order chi connectivity index (χ0) is 16.9. The third kappa shape index (κ3) is 5.26. The van der Waals surface area contributed by atoms with E-state index in [1.54, 1.807) is 11.8 Å². The lowest BCUT2D eigenvalue weighted by molar-refractivity contribution is -0.134. The van der Waals surface area contributed by atoms with Gasteiger partial charge in [-0.3, -0.25) is 9.59 Å². The quantitative estimate of drug-likeness (QED) is 0.788. The van der Waals surface area contributed by atoms with E-state index in [-0.39, 0.29) is 30.6 Å². The Bertz CT molecular complexity index is 535. The topological polar surface area (TPSA) is 57.6 Å². The second-order valence-electron chi connectivity index (χ2n) is 6.21. The van der Waals surface area contributed by atoms with Gasteiger partial charge in [0.2, 0.25) is 5.91 Å². The number of Topliss-reactive ketones (excluding diaryl/α,β-unsaturated/α-hetero) is 1. The van der Waals surface area contributed by atoms with Gasteiger partial charge in [-0.1, -0.05) is 12.1 Å². The van der Waals surface area contributed by atoms with Crippen LogP contribution >= 0.6 is 0 Å². The molecule has 1 rings (SSSR count). The van der Waals surface area contributed by atoms with Crippen molar-refractivity contribution in [3.05, 3.63) is 34.9 Å². The number of ketones is 1. The van der Waals surface area contributed by atoms with Gasteiger partial charge < -0.3 is 10.0 Å². The molecular formula is C18H27NO3. The minimum absolute atomic E-state index is 0.0128. The standard InChI is InChI=1S/C18H27NO3/c1-12(2)19(11-15(5)20)18(22)9-8-17(21)16-7-6-13(3)14(4)10-16/h6-7,10,12,15,20H,8-9,11H2,1-5H3. The van der Waals surface area contributed by atoms with Crippen molar-refractivity contribution in [2.45, 2.75) is 59.6 Å². The molecule has 122 valence electrons. The molecule has 0 aromatic heterocycles. The van der Waals surface area contributed by atoms with Crippen LogP contribution in [0.25, 0.3) is 0 Å². The summed E-state index contributed by atoms with van der Waals surface area (Å²) in [6.45, 7) is 9.75. The summed E-state index contributed by atoms with van der Waals surface area (Å²) < 4.78 is 0. The van der Waals surface area contributed by atoms with E-state index < -0.39 is 6.10 Å². The van der Waals surface area contributed by atoms with Crippen molar-refractivity contribution in [3.63, 3.8) is 0 Å². The zero-order valence-electron chi connectivity index (χ0n) is 14.2. The van der Waals surface area contributed by atoms with Crippen LogP contribution in [0.3, 0.4) is 0 Å². The molecule has 22 heavy (non-hydrogen) atoms. The number of aryl methyl sites for hydroxylation is 2. The molecule has 4 heteroatoms. The molecule has 0 aliphatic carbocycles. The molecule has 0 saturated carbocycles. The highest BCUT2D eigenvalue weighted by Gasteiger charge is 2.19. The van der Waals surface area contributed by atoms with Crippen molar-refractivity contribution in [2.75, 3.05) is 6.54 Å². The Kier molecular flexibility index (Phi) is 6.75. The number of aliphatic hydroxyl groups is 1. The molecule has 0 aliphatic rings. The van der Waals surface area contributed by atoms with Crippen molar-refractivity contribution < 1.29 is 14.7 Å². The molecule has 0 bridgehead atoms. The van der Waals surface area contributed by atoms with Crippen LogP contribution in [0, 0.1) is 13.8 Å². The zero-order valence-corrected chi connectivity index (χ0v) is 14.2. The van der Waals surface area contributed by atoms with Crippen LogP contribution in [0.5, 0.6) is 0 Å². The Morgan fingerprint density at radius 3 is 2.23 bits per heavy atom. The van der Waals surface area contributed by atoms with Crippen LogP contribution in [-0.2, 0) is 4.79 Å². The highest BCUT2D eigenvalue weighted by molar-refractivity contribution is 5.98. The average molecular weight is 305 g/mol. The Balaban J connectivity index is 2.65. The molecule has 0 saturated heterocycles. The largest absolute Gasteiger partial charge is 0.392 e. The van der Waals surface area contributed by atoms with Gasteiger partial charge in [-0.15, -0.1) is 0 Å². The maximum atomic E-state index is 12.2. The van der Waals surface area contributed by atoms with E-state index in [2.05, 4.69) is 0 Å². The van der Waals surface area contributed by atoms with Gasteiger partial charge in [0.05, 0.1) is 6.10 Å². The van der Waals surface area contributed by atoms with Gasteiger partial charge in [-0.25, -0.2) is 0 Å². The molecule has 1 aromatic rings. The second-order valence-corrected chi connectivity index (χ2v) is 6.21. The van der Waals surface area contributed by atoms with Crippen molar-refractivity contribution in [1.29, 1.82) is 0 Å². The Morgan fingerprint density at radius 2 is 1.73 bits per heavy atom. The summed E-state index contributed by atoms with van der Waals surface area (Å²) in [5.41, 5.74) is 2.88. The highest BCUT2D eigenvalue weighted by atomic mass is 16.3. The molecule has 0 radical (unpaired) electrons. The van der Waals surface area contributed by atoms with Crippen molar-refractivity contribution in [2.24, 2.45) is 0 Å². The molecule has 1 atom stereocenters. The number of carbonyl (C=O) groups is 2. The molecule has 1 N–H and O–H groups in total. The predicted molar refractivity (Wildman–Crippen MR) is 88.0 cm³/mol. The third-order valence-electron chi connectivity index (χ3n) is 3.80. The van der Waals surface area contributed by atoms with Crippen LogP contribution in [0.1, 0.15) is 55.1 Å². The Hall–Kier alpha value is -1.68. The molecule has 1 aromatic carbocycles. The van der Waals surface area contributed by atoms with Crippen LogP contribution in [0.2, 0.25) is 0 Å². The summed E-state index contributed by atoms with van der Waals surface area (Å²) in [6.07, 6.45) is -0.192. The molecule has 1 amide bonds. The van der Waals surface area contributed by atoms with E-state index in [0.29, 0.717) is 12.1 Å². The fourth-order valence-corrected chi connectivity index (χ4v) is 2.31. The molecular weight excluding hydrogens is 278 g/mol. The van der Waals surface area contributed by atoms with E-state index in [4.69, 9.17) is 0 Å².